The molecule has 30 heavy (non-hydrogen) atoms. The average Bonchev–Trinajstić information content (AvgIpc) is 3.39. The van der Waals surface area contributed by atoms with Gasteiger partial charge in [-0.25, -0.2) is 18.6 Å². The molecule has 1 unspecified atom stereocenters. The molecule has 0 bridgehead atoms. The third-order valence-electron chi connectivity index (χ3n) is 4.95. The Balaban J connectivity index is 1.68. The maximum absolute atomic E-state index is 14.4. The fraction of sp³-hybridized carbons (Fsp3) is 0.182. The predicted octanol–water partition coefficient (Wildman–Crippen LogP) is 4.82. The monoisotopic (exact) mass is 427 g/mol. The summed E-state index contributed by atoms with van der Waals surface area (Å²) >= 11 is 1.45. The lowest BCUT2D eigenvalue weighted by Gasteiger charge is -2.29. The first-order chi connectivity index (χ1) is 14.4. The number of rotatable bonds is 4. The highest BCUT2D eigenvalue weighted by atomic mass is 32.1. The number of carbonyl (C=O) groups is 1. The number of hydrogen-bond acceptors (Lipinski definition) is 4. The number of halogens is 2. The first-order valence-corrected chi connectivity index (χ1v) is 10.2. The van der Waals surface area contributed by atoms with Crippen molar-refractivity contribution in [2.45, 2.75) is 12.6 Å². The summed E-state index contributed by atoms with van der Waals surface area (Å²) in [4.78, 5) is 20.5. The summed E-state index contributed by atoms with van der Waals surface area (Å²) < 4.78 is 28.1. The third-order valence-corrected chi connectivity index (χ3v) is 5.71. The minimum Gasteiger partial charge on any atom is -0.508 e. The van der Waals surface area contributed by atoms with Crippen LogP contribution in [0.15, 0.2) is 60.1 Å². The first-order valence-electron chi connectivity index (χ1n) is 9.27. The Morgan fingerprint density at radius 1 is 1.30 bits per heavy atom. The molecule has 1 aliphatic rings. The minimum atomic E-state index is -0.553. The summed E-state index contributed by atoms with van der Waals surface area (Å²) in [6.07, 6.45) is 3.41. The highest BCUT2D eigenvalue weighted by Crippen LogP contribution is 2.37. The summed E-state index contributed by atoms with van der Waals surface area (Å²) in [6, 6.07) is 9.04. The fourth-order valence-corrected chi connectivity index (χ4v) is 4.19. The summed E-state index contributed by atoms with van der Waals surface area (Å²) in [6.45, 7) is 0.450. The summed E-state index contributed by atoms with van der Waals surface area (Å²) in [7, 11) is 1.67. The van der Waals surface area contributed by atoms with Crippen LogP contribution in [0.5, 0.6) is 5.75 Å². The van der Waals surface area contributed by atoms with Gasteiger partial charge in [0.2, 0.25) is 0 Å². The number of carbonyl (C=O) groups excluding carboxylic acids is 1. The first kappa shape index (κ1) is 20.0. The highest BCUT2D eigenvalue weighted by molar-refractivity contribution is 7.09. The standard InChI is InChI=1S/C22H19F2N3O2S/c1-26(13-21-25-7-8-30-21)22(29)27-12-15(18-11-16(23)5-6-19(18)24)10-20(27)14-3-2-4-17(28)9-14/h2-11,20,28H,12-13H2,1H3. The van der Waals surface area contributed by atoms with Gasteiger partial charge in [-0.2, -0.15) is 0 Å². The molecule has 2 heterocycles. The van der Waals surface area contributed by atoms with Crippen LogP contribution < -0.4 is 0 Å². The van der Waals surface area contributed by atoms with Gasteiger partial charge < -0.3 is 14.9 Å². The number of aromatic hydroxyl groups is 1. The number of hydrogen-bond donors (Lipinski definition) is 1. The molecule has 4 rings (SSSR count). The number of amides is 2. The van der Waals surface area contributed by atoms with Crippen LogP contribution in [-0.2, 0) is 6.54 Å². The Labute approximate surface area is 176 Å². The lowest BCUT2D eigenvalue weighted by atomic mass is 10.0. The number of urea groups is 1. The van der Waals surface area contributed by atoms with Gasteiger partial charge in [-0.3, -0.25) is 0 Å². The summed E-state index contributed by atoms with van der Waals surface area (Å²) in [5.74, 6) is -1.04. The highest BCUT2D eigenvalue weighted by Gasteiger charge is 2.33. The number of phenols is 1. The molecule has 1 aliphatic heterocycles. The molecule has 3 aromatic rings. The zero-order valence-electron chi connectivity index (χ0n) is 16.1. The van der Waals surface area contributed by atoms with Crippen molar-refractivity contribution in [2.24, 2.45) is 0 Å². The van der Waals surface area contributed by atoms with Crippen LogP contribution >= 0.6 is 11.3 Å². The molecule has 8 heteroatoms. The van der Waals surface area contributed by atoms with Gasteiger partial charge in [0.15, 0.2) is 0 Å². The van der Waals surface area contributed by atoms with Gasteiger partial charge in [0.05, 0.1) is 12.6 Å². The van der Waals surface area contributed by atoms with Gasteiger partial charge >= 0.3 is 6.03 Å². The molecule has 0 saturated heterocycles. The largest absolute Gasteiger partial charge is 0.508 e. The molecule has 0 radical (unpaired) electrons. The van der Waals surface area contributed by atoms with Gasteiger partial charge in [-0.05, 0) is 41.5 Å². The number of phenolic OH excluding ortho intramolecular Hbond substituents is 1. The van der Waals surface area contributed by atoms with Gasteiger partial charge in [0.1, 0.15) is 22.4 Å². The van der Waals surface area contributed by atoms with Crippen molar-refractivity contribution < 1.29 is 18.7 Å². The molecule has 0 spiro atoms. The number of aromatic nitrogens is 1. The smallest absolute Gasteiger partial charge is 0.321 e. The normalized spacial score (nSPS) is 15.9. The van der Waals surface area contributed by atoms with E-state index >= 15 is 0 Å². The second kappa shape index (κ2) is 8.23. The molecular weight excluding hydrogens is 408 g/mol. The molecule has 0 saturated carbocycles. The molecule has 154 valence electrons. The molecule has 1 N–H and O–H groups in total. The Morgan fingerprint density at radius 3 is 2.87 bits per heavy atom. The van der Waals surface area contributed by atoms with Crippen LogP contribution in [0.25, 0.3) is 5.57 Å². The van der Waals surface area contributed by atoms with Crippen molar-refractivity contribution in [3.05, 3.63) is 87.9 Å². The van der Waals surface area contributed by atoms with Gasteiger partial charge in [-0.15, -0.1) is 11.3 Å². The maximum atomic E-state index is 14.4. The quantitative estimate of drug-likeness (QED) is 0.650. The van der Waals surface area contributed by atoms with Crippen molar-refractivity contribution in [2.75, 3.05) is 13.6 Å². The summed E-state index contributed by atoms with van der Waals surface area (Å²) in [5.41, 5.74) is 1.31. The molecule has 1 atom stereocenters. The van der Waals surface area contributed by atoms with E-state index in [4.69, 9.17) is 0 Å². The van der Waals surface area contributed by atoms with Gasteiger partial charge in [0.25, 0.3) is 0 Å². The molecule has 5 nitrogen and oxygen atoms in total. The second-order valence-electron chi connectivity index (χ2n) is 7.05. The van der Waals surface area contributed by atoms with Crippen molar-refractivity contribution in [3.63, 3.8) is 0 Å². The Morgan fingerprint density at radius 2 is 2.13 bits per heavy atom. The zero-order chi connectivity index (χ0) is 21.3. The van der Waals surface area contributed by atoms with Crippen molar-refractivity contribution >= 4 is 22.9 Å². The zero-order valence-corrected chi connectivity index (χ0v) is 16.9. The van der Waals surface area contributed by atoms with Crippen LogP contribution in [0, 0.1) is 11.6 Å². The lowest BCUT2D eigenvalue weighted by Crippen LogP contribution is -2.41. The van der Waals surface area contributed by atoms with E-state index in [1.165, 1.54) is 22.3 Å². The van der Waals surface area contributed by atoms with Crippen LogP contribution in [0.4, 0.5) is 13.6 Å². The third kappa shape index (κ3) is 4.04. The van der Waals surface area contributed by atoms with Crippen molar-refractivity contribution in [1.29, 1.82) is 0 Å². The lowest BCUT2D eigenvalue weighted by molar-refractivity contribution is 0.160. The topological polar surface area (TPSA) is 56.7 Å². The molecule has 2 amide bonds. The van der Waals surface area contributed by atoms with Gasteiger partial charge in [-0.1, -0.05) is 18.2 Å². The SMILES string of the molecule is CN(Cc1nccs1)C(=O)N1CC(c2cc(F)ccc2F)=CC1c1cccc(O)c1. The van der Waals surface area contributed by atoms with Crippen molar-refractivity contribution in [3.8, 4) is 5.75 Å². The van der Waals surface area contributed by atoms with E-state index < -0.39 is 17.7 Å². The number of thiazole rings is 1. The van der Waals surface area contributed by atoms with Crippen LogP contribution in [0.3, 0.4) is 0 Å². The van der Waals surface area contributed by atoms with E-state index in [1.54, 1.807) is 42.4 Å². The second-order valence-corrected chi connectivity index (χ2v) is 8.03. The van der Waals surface area contributed by atoms with Crippen LogP contribution in [0.1, 0.15) is 22.2 Å². The van der Waals surface area contributed by atoms with Crippen LogP contribution in [-0.4, -0.2) is 39.5 Å². The van der Waals surface area contributed by atoms with E-state index in [-0.39, 0.29) is 23.9 Å². The average molecular weight is 427 g/mol. The minimum absolute atomic E-state index is 0.0647. The van der Waals surface area contributed by atoms with E-state index in [2.05, 4.69) is 4.98 Å². The molecule has 0 aliphatic carbocycles. The fourth-order valence-electron chi connectivity index (χ4n) is 3.53. The summed E-state index contributed by atoms with van der Waals surface area (Å²) in [5, 5.41) is 12.5. The van der Waals surface area contributed by atoms with E-state index in [1.807, 2.05) is 5.38 Å². The van der Waals surface area contributed by atoms with E-state index in [0.717, 1.165) is 23.2 Å². The number of benzene rings is 2. The predicted molar refractivity (Wildman–Crippen MR) is 111 cm³/mol. The molecule has 2 aromatic carbocycles. The number of nitrogens with zero attached hydrogens (tertiary/aromatic N) is 3. The van der Waals surface area contributed by atoms with Crippen LogP contribution in [0.2, 0.25) is 0 Å². The molecular formula is C22H19F2N3O2S. The Bertz CT molecular complexity index is 1100. The molecule has 1 aromatic heterocycles. The van der Waals surface area contributed by atoms with E-state index in [0.29, 0.717) is 17.7 Å². The Hall–Kier alpha value is -3.26. The molecule has 0 fully saturated rings. The maximum Gasteiger partial charge on any atom is 0.321 e. The Kier molecular flexibility index (Phi) is 5.50. The van der Waals surface area contributed by atoms with Crippen molar-refractivity contribution in [1.82, 2.24) is 14.8 Å². The van der Waals surface area contributed by atoms with Gasteiger partial charge in [0, 0.05) is 30.7 Å². The van der Waals surface area contributed by atoms with E-state index in [9.17, 15) is 18.7 Å².